The molecule has 174 valence electrons. The van der Waals surface area contributed by atoms with Crippen LogP contribution in [0.25, 0.3) is 10.9 Å². The molecule has 1 amide bonds. The van der Waals surface area contributed by atoms with E-state index in [-0.39, 0.29) is 11.7 Å². The molecule has 0 aliphatic heterocycles. The summed E-state index contributed by atoms with van der Waals surface area (Å²) >= 11 is 0. The minimum Gasteiger partial charge on any atom is -0.347 e. The zero-order chi connectivity index (χ0) is 25.0. The van der Waals surface area contributed by atoms with Crippen molar-refractivity contribution in [3.05, 3.63) is 101 Å². The molecule has 0 unspecified atom stereocenters. The highest BCUT2D eigenvalue weighted by Crippen LogP contribution is 2.24. The summed E-state index contributed by atoms with van der Waals surface area (Å²) in [6, 6.07) is 23.5. The SMILES string of the molecule is C#CC[N+](C)(C)c1ccc(CNC(=O)c2cc3cc(F)ccc3n2Cc2cccc(C#N)c2)cc1. The maximum absolute atomic E-state index is 13.9. The van der Waals surface area contributed by atoms with E-state index < -0.39 is 0 Å². The van der Waals surface area contributed by atoms with Crippen molar-refractivity contribution in [1.82, 2.24) is 14.4 Å². The van der Waals surface area contributed by atoms with Crippen molar-refractivity contribution in [2.75, 3.05) is 20.6 Å². The Morgan fingerprint density at radius 3 is 2.54 bits per heavy atom. The van der Waals surface area contributed by atoms with Crippen LogP contribution in [0, 0.1) is 29.5 Å². The fourth-order valence-electron chi connectivity index (χ4n) is 4.13. The summed E-state index contributed by atoms with van der Waals surface area (Å²) in [5, 5.41) is 12.9. The molecule has 0 atom stereocenters. The van der Waals surface area contributed by atoms with Crippen molar-refractivity contribution in [1.29, 1.82) is 5.26 Å². The molecule has 35 heavy (non-hydrogen) atoms. The zero-order valence-electron chi connectivity index (χ0n) is 19.8. The third kappa shape index (κ3) is 5.24. The number of carbonyl (C=O) groups is 1. The Bertz CT molecular complexity index is 1470. The molecule has 6 heteroatoms. The van der Waals surface area contributed by atoms with Crippen LogP contribution in [0.2, 0.25) is 0 Å². The van der Waals surface area contributed by atoms with Crippen LogP contribution in [0.15, 0.2) is 72.8 Å². The molecule has 1 N–H and O–H groups in total. The lowest BCUT2D eigenvalue weighted by Gasteiger charge is -2.26. The van der Waals surface area contributed by atoms with Gasteiger partial charge in [0.25, 0.3) is 5.91 Å². The van der Waals surface area contributed by atoms with Crippen LogP contribution in [-0.2, 0) is 13.1 Å². The van der Waals surface area contributed by atoms with E-state index in [9.17, 15) is 14.4 Å². The normalized spacial score (nSPS) is 11.1. The molecule has 4 rings (SSSR count). The number of rotatable bonds is 7. The van der Waals surface area contributed by atoms with Crippen LogP contribution in [0.4, 0.5) is 10.1 Å². The summed E-state index contributed by atoms with van der Waals surface area (Å²) in [7, 11) is 4.09. The van der Waals surface area contributed by atoms with Gasteiger partial charge in [0.05, 0.1) is 25.7 Å². The Morgan fingerprint density at radius 2 is 1.83 bits per heavy atom. The van der Waals surface area contributed by atoms with Crippen LogP contribution >= 0.6 is 0 Å². The summed E-state index contributed by atoms with van der Waals surface area (Å²) in [5.74, 6) is 2.08. The number of benzene rings is 3. The highest BCUT2D eigenvalue weighted by atomic mass is 19.1. The number of nitrogens with zero attached hydrogens (tertiary/aromatic N) is 3. The average molecular weight is 466 g/mol. The third-order valence-corrected chi connectivity index (χ3v) is 6.07. The van der Waals surface area contributed by atoms with Crippen molar-refractivity contribution < 1.29 is 9.18 Å². The maximum atomic E-state index is 13.9. The highest BCUT2D eigenvalue weighted by molar-refractivity contribution is 5.98. The van der Waals surface area contributed by atoms with Gasteiger partial charge in [-0.1, -0.05) is 24.3 Å². The molecule has 1 aromatic heterocycles. The number of nitrogens with one attached hydrogen (secondary N) is 1. The second-order valence-corrected chi connectivity index (χ2v) is 9.03. The molecule has 1 heterocycles. The van der Waals surface area contributed by atoms with Crippen LogP contribution in [-0.4, -0.2) is 31.1 Å². The first-order chi connectivity index (χ1) is 16.8. The number of amides is 1. The highest BCUT2D eigenvalue weighted by Gasteiger charge is 2.18. The smallest absolute Gasteiger partial charge is 0.268 e. The summed E-state index contributed by atoms with van der Waals surface area (Å²) < 4.78 is 16.3. The van der Waals surface area contributed by atoms with Gasteiger partial charge in [-0.15, -0.1) is 6.42 Å². The van der Waals surface area contributed by atoms with Crippen LogP contribution in [0.5, 0.6) is 0 Å². The first kappa shape index (κ1) is 23.8. The second-order valence-electron chi connectivity index (χ2n) is 9.03. The van der Waals surface area contributed by atoms with Crippen molar-refractivity contribution in [3.8, 4) is 18.4 Å². The van der Waals surface area contributed by atoms with E-state index in [0.29, 0.717) is 40.8 Å². The molecule has 0 spiro atoms. The van der Waals surface area contributed by atoms with E-state index in [1.165, 1.54) is 12.1 Å². The Labute approximate surface area is 204 Å². The van der Waals surface area contributed by atoms with Crippen LogP contribution in [0.3, 0.4) is 0 Å². The van der Waals surface area contributed by atoms with E-state index in [0.717, 1.165) is 22.3 Å². The molecule has 0 fully saturated rings. The van der Waals surface area contributed by atoms with E-state index in [4.69, 9.17) is 6.42 Å². The fourth-order valence-corrected chi connectivity index (χ4v) is 4.13. The number of fused-ring (bicyclic) bond motifs is 1. The van der Waals surface area contributed by atoms with Gasteiger partial charge in [-0.2, -0.15) is 5.26 Å². The van der Waals surface area contributed by atoms with Crippen molar-refractivity contribution >= 4 is 22.5 Å². The Kier molecular flexibility index (Phi) is 6.68. The standard InChI is InChI=1S/C29H25FN4O/c1-4-14-34(2,3)26-11-8-21(9-12-26)19-32-29(35)28-17-24-16-25(30)10-13-27(24)33(28)20-23-7-5-6-22(15-23)18-31/h1,5-13,15-17H,14,19-20H2,2-3H3/p+1. The van der Waals surface area contributed by atoms with Gasteiger partial charge in [0.15, 0.2) is 0 Å². The van der Waals surface area contributed by atoms with Gasteiger partial charge in [0.2, 0.25) is 0 Å². The topological polar surface area (TPSA) is 57.8 Å². The van der Waals surface area contributed by atoms with E-state index in [2.05, 4.69) is 17.3 Å². The Balaban J connectivity index is 1.58. The molecule has 4 aromatic rings. The first-order valence-corrected chi connectivity index (χ1v) is 11.2. The van der Waals surface area contributed by atoms with E-state index >= 15 is 0 Å². The van der Waals surface area contributed by atoms with Crippen molar-refractivity contribution in [2.45, 2.75) is 13.1 Å². The molecule has 0 radical (unpaired) electrons. The summed E-state index contributed by atoms with van der Waals surface area (Å²) in [5.41, 5.74) is 4.64. The number of quaternary nitrogens is 1. The number of halogens is 1. The van der Waals surface area contributed by atoms with Crippen LogP contribution < -0.4 is 9.80 Å². The van der Waals surface area contributed by atoms with Gasteiger partial charge < -0.3 is 9.88 Å². The Hall–Kier alpha value is -4.39. The van der Waals surface area contributed by atoms with Crippen LogP contribution in [0.1, 0.15) is 27.2 Å². The first-order valence-electron chi connectivity index (χ1n) is 11.2. The number of nitriles is 1. The average Bonchev–Trinajstić information content (AvgIpc) is 3.20. The fraction of sp³-hybridized carbons (Fsp3) is 0.172. The molecule has 0 saturated carbocycles. The number of aromatic nitrogens is 1. The quantitative estimate of drug-likeness (QED) is 0.314. The van der Waals surface area contributed by atoms with Crippen molar-refractivity contribution in [2.24, 2.45) is 0 Å². The molecule has 5 nitrogen and oxygen atoms in total. The minimum absolute atomic E-state index is 0.259. The third-order valence-electron chi connectivity index (χ3n) is 6.07. The predicted octanol–water partition coefficient (Wildman–Crippen LogP) is 4.83. The lowest BCUT2D eigenvalue weighted by molar-refractivity contribution is 0.0942. The van der Waals surface area contributed by atoms with Gasteiger partial charge in [0, 0.05) is 24.0 Å². The van der Waals surface area contributed by atoms with Gasteiger partial charge >= 0.3 is 0 Å². The maximum Gasteiger partial charge on any atom is 0.268 e. The largest absolute Gasteiger partial charge is 0.347 e. The lowest BCUT2D eigenvalue weighted by Crippen LogP contribution is -2.40. The molecule has 0 aliphatic carbocycles. The van der Waals surface area contributed by atoms with E-state index in [1.807, 2.05) is 55.1 Å². The van der Waals surface area contributed by atoms with Crippen molar-refractivity contribution in [3.63, 3.8) is 0 Å². The molecule has 0 bridgehead atoms. The molecular weight excluding hydrogens is 439 g/mol. The zero-order valence-corrected chi connectivity index (χ0v) is 19.8. The summed E-state index contributed by atoms with van der Waals surface area (Å²) in [6.07, 6.45) is 5.48. The number of terminal acetylenes is 1. The Morgan fingerprint density at radius 1 is 1.06 bits per heavy atom. The number of carbonyl (C=O) groups excluding carboxylic acids is 1. The van der Waals surface area contributed by atoms with Gasteiger partial charge in [-0.25, -0.2) is 4.39 Å². The van der Waals surface area contributed by atoms with E-state index in [1.54, 1.807) is 24.3 Å². The molecular formula is C29H26FN4O+. The second kappa shape index (κ2) is 9.85. The number of hydrogen-bond acceptors (Lipinski definition) is 2. The summed E-state index contributed by atoms with van der Waals surface area (Å²) in [4.78, 5) is 13.2. The lowest BCUT2D eigenvalue weighted by atomic mass is 10.1. The number of hydrogen-bond donors (Lipinski definition) is 1. The van der Waals surface area contributed by atoms with Gasteiger partial charge in [0.1, 0.15) is 23.7 Å². The monoisotopic (exact) mass is 465 g/mol. The molecule has 0 aliphatic rings. The predicted molar refractivity (Wildman–Crippen MR) is 137 cm³/mol. The molecule has 0 saturated heterocycles. The minimum atomic E-state index is -0.362. The van der Waals surface area contributed by atoms with Gasteiger partial charge in [-0.05, 0) is 65.6 Å². The summed E-state index contributed by atoms with van der Waals surface area (Å²) in [6.45, 7) is 1.31. The van der Waals surface area contributed by atoms with Gasteiger partial charge in [-0.3, -0.25) is 9.28 Å². The molecule has 3 aromatic carbocycles.